The summed E-state index contributed by atoms with van der Waals surface area (Å²) >= 11 is 0. The highest BCUT2D eigenvalue weighted by Gasteiger charge is 2.24. The second-order valence-corrected chi connectivity index (χ2v) is 4.04. The predicted molar refractivity (Wildman–Crippen MR) is 69.5 cm³/mol. The number of hydrogen-bond donors (Lipinski definition) is 1. The summed E-state index contributed by atoms with van der Waals surface area (Å²) in [6.45, 7) is 0. The smallest absolute Gasteiger partial charge is 0.289 e. The van der Waals surface area contributed by atoms with E-state index in [1.807, 2.05) is 7.05 Å². The molecule has 100 valence electrons. The fourth-order valence-electron chi connectivity index (χ4n) is 2.10. The number of ether oxygens (including phenoxy) is 2. The first-order chi connectivity index (χ1) is 9.01. The number of rotatable bonds is 4. The number of Topliss-reactive ketones (excluding diaryl/α,β-unsaturated/α-hetero) is 1. The summed E-state index contributed by atoms with van der Waals surface area (Å²) in [5, 5.41) is 0.572. The number of nitrogens with zero attached hydrogens (tertiary/aromatic N) is 1. The second-order valence-electron chi connectivity index (χ2n) is 4.04. The van der Waals surface area contributed by atoms with Crippen molar-refractivity contribution in [3.63, 3.8) is 0 Å². The molecule has 0 atom stereocenters. The number of methoxy groups -OCH3 is 2. The molecule has 1 aromatic carbocycles. The fourth-order valence-corrected chi connectivity index (χ4v) is 2.10. The normalized spacial score (nSPS) is 10.5. The lowest BCUT2D eigenvalue weighted by Crippen LogP contribution is -2.23. The number of hydrogen-bond acceptors (Lipinski definition) is 4. The van der Waals surface area contributed by atoms with E-state index in [-0.39, 0.29) is 11.3 Å². The van der Waals surface area contributed by atoms with Crippen molar-refractivity contribution in [3.8, 4) is 11.5 Å². The molecule has 0 spiro atoms. The Balaban J connectivity index is 2.88. The van der Waals surface area contributed by atoms with Crippen molar-refractivity contribution in [2.45, 2.75) is 0 Å². The molecule has 2 rings (SSSR count). The van der Waals surface area contributed by atoms with Crippen LogP contribution in [-0.2, 0) is 11.8 Å². The summed E-state index contributed by atoms with van der Waals surface area (Å²) in [6.07, 6.45) is 1.77. The molecule has 6 heteroatoms. The molecule has 0 unspecified atom stereocenters. The van der Waals surface area contributed by atoms with E-state index in [2.05, 4.69) is 0 Å². The molecule has 0 radical (unpaired) electrons. The Hall–Kier alpha value is -2.50. The highest BCUT2D eigenvalue weighted by molar-refractivity contribution is 6.45. The van der Waals surface area contributed by atoms with E-state index < -0.39 is 11.7 Å². The summed E-state index contributed by atoms with van der Waals surface area (Å²) < 4.78 is 12.2. The lowest BCUT2D eigenvalue weighted by atomic mass is 10.0. The molecule has 0 saturated carbocycles. The minimum Gasteiger partial charge on any atom is -0.496 e. The van der Waals surface area contributed by atoms with Crippen molar-refractivity contribution in [1.82, 2.24) is 4.57 Å². The maximum absolute atomic E-state index is 11.9. The van der Waals surface area contributed by atoms with E-state index >= 15 is 0 Å². The van der Waals surface area contributed by atoms with Crippen molar-refractivity contribution in [3.05, 3.63) is 23.9 Å². The van der Waals surface area contributed by atoms with Gasteiger partial charge in [0.25, 0.3) is 11.7 Å². The van der Waals surface area contributed by atoms with Crippen LogP contribution in [0.1, 0.15) is 10.4 Å². The van der Waals surface area contributed by atoms with Gasteiger partial charge < -0.3 is 19.8 Å². The zero-order valence-corrected chi connectivity index (χ0v) is 10.9. The van der Waals surface area contributed by atoms with Crippen LogP contribution in [0.5, 0.6) is 11.5 Å². The molecular formula is C13H14N2O4. The molecule has 1 aromatic heterocycles. The topological polar surface area (TPSA) is 83.6 Å². The van der Waals surface area contributed by atoms with Gasteiger partial charge in [-0.1, -0.05) is 0 Å². The fraction of sp³-hybridized carbons (Fsp3) is 0.231. The van der Waals surface area contributed by atoms with Crippen LogP contribution in [0, 0.1) is 0 Å². The van der Waals surface area contributed by atoms with Gasteiger partial charge in [-0.2, -0.15) is 0 Å². The molecule has 0 bridgehead atoms. The van der Waals surface area contributed by atoms with E-state index in [0.29, 0.717) is 16.7 Å². The minimum absolute atomic E-state index is 0.159. The molecule has 0 fully saturated rings. The largest absolute Gasteiger partial charge is 0.496 e. The zero-order chi connectivity index (χ0) is 14.2. The third-order valence-electron chi connectivity index (χ3n) is 2.97. The van der Waals surface area contributed by atoms with Crippen LogP contribution >= 0.6 is 0 Å². The third-order valence-corrected chi connectivity index (χ3v) is 2.97. The van der Waals surface area contributed by atoms with E-state index in [9.17, 15) is 9.59 Å². The minimum atomic E-state index is -1.02. The average molecular weight is 262 g/mol. The number of aryl methyl sites for hydroxylation is 1. The quantitative estimate of drug-likeness (QED) is 0.654. The Morgan fingerprint density at radius 3 is 2.37 bits per heavy atom. The Labute approximate surface area is 109 Å². The van der Waals surface area contributed by atoms with Crippen LogP contribution in [0.25, 0.3) is 10.9 Å². The van der Waals surface area contributed by atoms with Gasteiger partial charge in [0.15, 0.2) is 0 Å². The molecule has 19 heavy (non-hydrogen) atoms. The molecule has 0 aliphatic carbocycles. The van der Waals surface area contributed by atoms with Crippen molar-refractivity contribution >= 4 is 22.6 Å². The number of benzene rings is 1. The van der Waals surface area contributed by atoms with Gasteiger partial charge in [0.05, 0.1) is 25.3 Å². The average Bonchev–Trinajstić information content (AvgIpc) is 2.78. The molecular weight excluding hydrogens is 248 g/mol. The van der Waals surface area contributed by atoms with Crippen molar-refractivity contribution in [2.75, 3.05) is 14.2 Å². The lowest BCUT2D eigenvalue weighted by molar-refractivity contribution is -0.114. The van der Waals surface area contributed by atoms with E-state index in [1.54, 1.807) is 22.9 Å². The van der Waals surface area contributed by atoms with Crippen molar-refractivity contribution in [1.29, 1.82) is 0 Å². The Kier molecular flexibility index (Phi) is 3.16. The number of nitrogens with two attached hydrogens (primary N) is 1. The van der Waals surface area contributed by atoms with Crippen LogP contribution in [-0.4, -0.2) is 30.5 Å². The molecule has 2 N–H and O–H groups in total. The second kappa shape index (κ2) is 4.64. The van der Waals surface area contributed by atoms with Gasteiger partial charge in [0.1, 0.15) is 11.5 Å². The van der Waals surface area contributed by atoms with Crippen LogP contribution in [0.2, 0.25) is 0 Å². The van der Waals surface area contributed by atoms with Gasteiger partial charge in [0, 0.05) is 24.7 Å². The van der Waals surface area contributed by atoms with Gasteiger partial charge in [-0.25, -0.2) is 0 Å². The van der Waals surface area contributed by atoms with Gasteiger partial charge in [-0.15, -0.1) is 0 Å². The molecule has 0 saturated heterocycles. The molecule has 2 aromatic rings. The van der Waals surface area contributed by atoms with Gasteiger partial charge in [-0.05, 0) is 6.07 Å². The van der Waals surface area contributed by atoms with Crippen LogP contribution in [0.15, 0.2) is 18.3 Å². The predicted octanol–water partition coefficient (Wildman–Crippen LogP) is 0.863. The third kappa shape index (κ3) is 1.91. The van der Waals surface area contributed by atoms with Gasteiger partial charge in [-0.3, -0.25) is 9.59 Å². The number of amides is 1. The summed E-state index contributed by atoms with van der Waals surface area (Å²) in [4.78, 5) is 23.1. The maximum atomic E-state index is 11.9. The SMILES string of the molecule is COc1cc(OC)c2c(ccn2C)c1C(=O)C(N)=O. The first-order valence-electron chi connectivity index (χ1n) is 5.55. The van der Waals surface area contributed by atoms with Gasteiger partial charge in [0.2, 0.25) is 0 Å². The zero-order valence-electron chi connectivity index (χ0n) is 10.9. The monoisotopic (exact) mass is 262 g/mol. The Bertz CT molecular complexity index is 673. The molecule has 1 amide bonds. The summed E-state index contributed by atoms with van der Waals surface area (Å²) in [5.41, 5.74) is 5.94. The molecule has 1 heterocycles. The highest BCUT2D eigenvalue weighted by Crippen LogP contribution is 2.36. The van der Waals surface area contributed by atoms with E-state index in [1.165, 1.54) is 14.2 Å². The van der Waals surface area contributed by atoms with E-state index in [0.717, 1.165) is 0 Å². The lowest BCUT2D eigenvalue weighted by Gasteiger charge is -2.12. The maximum Gasteiger partial charge on any atom is 0.289 e. The Morgan fingerprint density at radius 1 is 1.21 bits per heavy atom. The van der Waals surface area contributed by atoms with Crippen molar-refractivity contribution < 1.29 is 19.1 Å². The number of fused-ring (bicyclic) bond motifs is 1. The number of ketones is 1. The number of carbonyl (C=O) groups is 2. The number of aromatic nitrogens is 1. The molecule has 0 aliphatic rings. The standard InChI is InChI=1S/C13H14N2O4/c1-15-5-4-7-10(12(16)13(14)17)8(18-2)6-9(19-3)11(7)15/h4-6H,1-3H3,(H2,14,17). The molecule has 6 nitrogen and oxygen atoms in total. The first kappa shape index (κ1) is 12.9. The van der Waals surface area contributed by atoms with Gasteiger partial charge >= 0.3 is 0 Å². The van der Waals surface area contributed by atoms with Crippen molar-refractivity contribution in [2.24, 2.45) is 12.8 Å². The highest BCUT2D eigenvalue weighted by atomic mass is 16.5. The summed E-state index contributed by atoms with van der Waals surface area (Å²) in [7, 11) is 4.76. The molecule has 0 aliphatic heterocycles. The van der Waals surface area contributed by atoms with Crippen LogP contribution < -0.4 is 15.2 Å². The number of carbonyl (C=O) groups excluding carboxylic acids is 2. The summed E-state index contributed by atoms with van der Waals surface area (Å²) in [6, 6.07) is 3.29. The van der Waals surface area contributed by atoms with Crippen LogP contribution in [0.3, 0.4) is 0 Å². The first-order valence-corrected chi connectivity index (χ1v) is 5.55. The van der Waals surface area contributed by atoms with Crippen LogP contribution in [0.4, 0.5) is 0 Å². The van der Waals surface area contributed by atoms with E-state index in [4.69, 9.17) is 15.2 Å². The number of primary amides is 1. The summed E-state index contributed by atoms with van der Waals surface area (Å²) in [5.74, 6) is -0.982. The Morgan fingerprint density at radius 2 is 1.84 bits per heavy atom.